The van der Waals surface area contributed by atoms with Gasteiger partial charge in [0.05, 0.1) is 11.1 Å². The highest BCUT2D eigenvalue weighted by Gasteiger charge is 2.41. The van der Waals surface area contributed by atoms with Crippen LogP contribution in [-0.4, -0.2) is 23.0 Å². The molecule has 0 fully saturated rings. The molecular weight excluding hydrogens is 269 g/mol. The highest BCUT2D eigenvalue weighted by atomic mass is 19.1. The van der Waals surface area contributed by atoms with E-state index in [-0.39, 0.29) is 16.7 Å². The lowest BCUT2D eigenvalue weighted by molar-refractivity contribution is 0.0511. The molecule has 1 heterocycles. The van der Waals surface area contributed by atoms with Gasteiger partial charge in [0.15, 0.2) is 0 Å². The molecule has 0 N–H and O–H groups in total. The summed E-state index contributed by atoms with van der Waals surface area (Å²) in [7, 11) is 0. The first-order chi connectivity index (χ1) is 10.1. The zero-order valence-electron chi connectivity index (χ0n) is 11.1. The number of hydrogen-bond acceptors (Lipinski definition) is 2. The van der Waals surface area contributed by atoms with E-state index < -0.39 is 18.1 Å². The standard InChI is InChI=1S/C17H12FNO2/c1-11(12-7-3-2-4-8-12)15(18)19-16(20)13-9-5-6-10-14(13)17(19)21/h2-10,15H,1H2. The number of benzene rings is 2. The summed E-state index contributed by atoms with van der Waals surface area (Å²) in [6.07, 6.45) is -1.88. The van der Waals surface area contributed by atoms with Crippen molar-refractivity contribution in [2.24, 2.45) is 0 Å². The number of fused-ring (bicyclic) bond motifs is 1. The second-order valence-electron chi connectivity index (χ2n) is 4.75. The van der Waals surface area contributed by atoms with Gasteiger partial charge in [0.1, 0.15) is 0 Å². The molecule has 0 radical (unpaired) electrons. The van der Waals surface area contributed by atoms with Crippen molar-refractivity contribution in [3.05, 3.63) is 77.9 Å². The Bertz CT molecular complexity index is 704. The topological polar surface area (TPSA) is 37.4 Å². The molecule has 3 nitrogen and oxygen atoms in total. The van der Waals surface area contributed by atoms with Gasteiger partial charge in [-0.25, -0.2) is 9.29 Å². The molecule has 0 spiro atoms. The van der Waals surface area contributed by atoms with Crippen LogP contribution in [0.25, 0.3) is 5.57 Å². The highest BCUT2D eigenvalue weighted by Crippen LogP contribution is 2.30. The van der Waals surface area contributed by atoms with Crippen molar-refractivity contribution in [1.82, 2.24) is 4.90 Å². The van der Waals surface area contributed by atoms with Crippen molar-refractivity contribution in [1.29, 1.82) is 0 Å². The van der Waals surface area contributed by atoms with Gasteiger partial charge < -0.3 is 0 Å². The molecule has 0 saturated carbocycles. The second-order valence-corrected chi connectivity index (χ2v) is 4.75. The van der Waals surface area contributed by atoms with Crippen molar-refractivity contribution in [2.75, 3.05) is 0 Å². The largest absolute Gasteiger partial charge is 0.268 e. The van der Waals surface area contributed by atoms with Crippen LogP contribution in [0.4, 0.5) is 4.39 Å². The molecule has 0 aromatic heterocycles. The van der Waals surface area contributed by atoms with Crippen molar-refractivity contribution < 1.29 is 14.0 Å². The Morgan fingerprint density at radius 3 is 1.90 bits per heavy atom. The zero-order valence-corrected chi connectivity index (χ0v) is 11.1. The van der Waals surface area contributed by atoms with Gasteiger partial charge in [-0.3, -0.25) is 9.59 Å². The Morgan fingerprint density at radius 1 is 0.905 bits per heavy atom. The first-order valence-corrected chi connectivity index (χ1v) is 6.46. The summed E-state index contributed by atoms with van der Waals surface area (Å²) in [4.78, 5) is 25.0. The summed E-state index contributed by atoms with van der Waals surface area (Å²) in [5.74, 6) is -1.25. The fraction of sp³-hybridized carbons (Fsp3) is 0.0588. The third-order valence-electron chi connectivity index (χ3n) is 3.48. The van der Waals surface area contributed by atoms with Gasteiger partial charge in [-0.15, -0.1) is 0 Å². The van der Waals surface area contributed by atoms with Crippen LogP contribution in [0.1, 0.15) is 26.3 Å². The molecule has 2 aromatic carbocycles. The van der Waals surface area contributed by atoms with Crippen molar-refractivity contribution in [3.63, 3.8) is 0 Å². The van der Waals surface area contributed by atoms with E-state index in [0.29, 0.717) is 10.5 Å². The Kier molecular flexibility index (Phi) is 3.14. The van der Waals surface area contributed by atoms with E-state index in [4.69, 9.17) is 0 Å². The van der Waals surface area contributed by atoms with Gasteiger partial charge in [-0.05, 0) is 17.7 Å². The maximum atomic E-state index is 14.6. The van der Waals surface area contributed by atoms with Crippen molar-refractivity contribution in [3.8, 4) is 0 Å². The van der Waals surface area contributed by atoms with Gasteiger partial charge in [-0.2, -0.15) is 0 Å². The van der Waals surface area contributed by atoms with Crippen LogP contribution in [0.5, 0.6) is 0 Å². The molecule has 0 bridgehead atoms. The summed E-state index contributed by atoms with van der Waals surface area (Å²) < 4.78 is 14.6. The van der Waals surface area contributed by atoms with Crippen LogP contribution < -0.4 is 0 Å². The molecule has 3 rings (SSSR count). The Balaban J connectivity index is 1.94. The van der Waals surface area contributed by atoms with E-state index in [1.54, 1.807) is 42.5 Å². The molecule has 0 aliphatic carbocycles. The minimum atomic E-state index is -1.88. The normalized spacial score (nSPS) is 15.0. The molecule has 2 amide bonds. The zero-order chi connectivity index (χ0) is 15.0. The fourth-order valence-electron chi connectivity index (χ4n) is 2.36. The fourth-order valence-corrected chi connectivity index (χ4v) is 2.36. The van der Waals surface area contributed by atoms with E-state index in [1.807, 2.05) is 0 Å². The van der Waals surface area contributed by atoms with E-state index in [0.717, 1.165) is 0 Å². The Hall–Kier alpha value is -2.75. The molecule has 4 heteroatoms. The van der Waals surface area contributed by atoms with Gasteiger partial charge >= 0.3 is 0 Å². The average Bonchev–Trinajstić information content (AvgIpc) is 2.79. The molecule has 1 atom stereocenters. The molecule has 1 aliphatic heterocycles. The van der Waals surface area contributed by atoms with E-state index in [9.17, 15) is 14.0 Å². The summed E-state index contributed by atoms with van der Waals surface area (Å²) in [5.41, 5.74) is 1.10. The highest BCUT2D eigenvalue weighted by molar-refractivity contribution is 6.22. The predicted molar refractivity (Wildman–Crippen MR) is 77.3 cm³/mol. The maximum absolute atomic E-state index is 14.6. The number of imide groups is 1. The smallest absolute Gasteiger partial charge is 0.264 e. The number of amides is 2. The number of carbonyl (C=O) groups excluding carboxylic acids is 2. The van der Waals surface area contributed by atoms with Crippen LogP contribution >= 0.6 is 0 Å². The minimum absolute atomic E-state index is 0.0881. The summed E-state index contributed by atoms with van der Waals surface area (Å²) in [5, 5.41) is 0. The van der Waals surface area contributed by atoms with Crippen molar-refractivity contribution >= 4 is 17.4 Å². The quantitative estimate of drug-likeness (QED) is 0.639. The Morgan fingerprint density at radius 2 is 1.38 bits per heavy atom. The molecule has 1 aliphatic rings. The van der Waals surface area contributed by atoms with Gasteiger partial charge in [0, 0.05) is 5.57 Å². The van der Waals surface area contributed by atoms with Gasteiger partial charge in [0.2, 0.25) is 6.30 Å². The maximum Gasteiger partial charge on any atom is 0.264 e. The minimum Gasteiger partial charge on any atom is -0.268 e. The lowest BCUT2D eigenvalue weighted by Crippen LogP contribution is -2.37. The molecule has 1 unspecified atom stereocenters. The van der Waals surface area contributed by atoms with Crippen LogP contribution in [0, 0.1) is 0 Å². The molecule has 104 valence electrons. The predicted octanol–water partition coefficient (Wildman–Crippen LogP) is 3.29. The lowest BCUT2D eigenvalue weighted by Gasteiger charge is -2.21. The number of halogens is 1. The number of carbonyl (C=O) groups is 2. The van der Waals surface area contributed by atoms with E-state index in [2.05, 4.69) is 6.58 Å². The number of rotatable bonds is 3. The lowest BCUT2D eigenvalue weighted by atomic mass is 10.1. The van der Waals surface area contributed by atoms with Gasteiger partial charge in [-0.1, -0.05) is 49.0 Å². The SMILES string of the molecule is C=C(c1ccccc1)C(F)N1C(=O)c2ccccc2C1=O. The summed E-state index contributed by atoms with van der Waals surface area (Å²) >= 11 is 0. The number of hydrogen-bond donors (Lipinski definition) is 0. The van der Waals surface area contributed by atoms with Crippen LogP contribution in [-0.2, 0) is 0 Å². The Labute approximate surface area is 121 Å². The van der Waals surface area contributed by atoms with Crippen LogP contribution in [0.3, 0.4) is 0 Å². The van der Waals surface area contributed by atoms with E-state index in [1.165, 1.54) is 12.1 Å². The van der Waals surface area contributed by atoms with Gasteiger partial charge in [0.25, 0.3) is 11.8 Å². The molecule has 0 saturated heterocycles. The van der Waals surface area contributed by atoms with Crippen LogP contribution in [0.2, 0.25) is 0 Å². The third-order valence-corrected chi connectivity index (χ3v) is 3.48. The second kappa shape index (κ2) is 4.98. The number of nitrogens with zero attached hydrogens (tertiary/aromatic N) is 1. The molecule has 2 aromatic rings. The first kappa shape index (κ1) is 13.2. The summed E-state index contributed by atoms with van der Waals surface area (Å²) in [6, 6.07) is 15.0. The monoisotopic (exact) mass is 281 g/mol. The van der Waals surface area contributed by atoms with Crippen molar-refractivity contribution in [2.45, 2.75) is 6.30 Å². The molecular formula is C17H12FNO2. The third kappa shape index (κ3) is 2.05. The average molecular weight is 281 g/mol. The van der Waals surface area contributed by atoms with E-state index >= 15 is 0 Å². The summed E-state index contributed by atoms with van der Waals surface area (Å²) in [6.45, 7) is 3.68. The first-order valence-electron chi connectivity index (χ1n) is 6.46. The van der Waals surface area contributed by atoms with Crippen LogP contribution in [0.15, 0.2) is 61.2 Å². The number of alkyl halides is 1. The molecule has 21 heavy (non-hydrogen) atoms.